The van der Waals surface area contributed by atoms with Gasteiger partial charge in [0.25, 0.3) is 0 Å². The lowest BCUT2D eigenvalue weighted by molar-refractivity contribution is -0.109. The number of hydrogen-bond donors (Lipinski definition) is 2. The minimum Gasteiger partial charge on any atom is -0.378 e. The molecule has 0 aliphatic carbocycles. The van der Waals surface area contributed by atoms with Crippen molar-refractivity contribution in [2.75, 3.05) is 6.54 Å². The molecule has 0 radical (unpaired) electrons. The molecule has 3 heteroatoms. The van der Waals surface area contributed by atoms with Gasteiger partial charge in [-0.15, -0.1) is 0 Å². The van der Waals surface area contributed by atoms with Crippen molar-refractivity contribution in [3.63, 3.8) is 0 Å². The zero-order valence-corrected chi connectivity index (χ0v) is 11.9. The number of hydrogen-bond acceptors (Lipinski definition) is 3. The lowest BCUT2D eigenvalue weighted by atomic mass is 10.1. The molecule has 17 heavy (non-hydrogen) atoms. The summed E-state index contributed by atoms with van der Waals surface area (Å²) in [6, 6.07) is 0. The van der Waals surface area contributed by atoms with Crippen LogP contribution in [-0.4, -0.2) is 34.1 Å². The van der Waals surface area contributed by atoms with Gasteiger partial charge < -0.3 is 10.2 Å². The van der Waals surface area contributed by atoms with Crippen molar-refractivity contribution in [2.24, 2.45) is 0 Å². The summed E-state index contributed by atoms with van der Waals surface area (Å²) in [6.07, 6.45) is 6.92. The Morgan fingerprint density at radius 2 is 1.18 bits per heavy atom. The summed E-state index contributed by atoms with van der Waals surface area (Å²) in [4.78, 5) is 1.87. The molecule has 0 heterocycles. The Hall–Kier alpha value is -0.120. The zero-order chi connectivity index (χ0) is 13.1. The Labute approximate surface area is 107 Å². The second-order valence-corrected chi connectivity index (χ2v) is 4.84. The van der Waals surface area contributed by atoms with Crippen molar-refractivity contribution in [1.82, 2.24) is 4.90 Å². The normalized spacial score (nSPS) is 15.2. The summed E-state index contributed by atoms with van der Waals surface area (Å²) in [5.74, 6) is 0. The topological polar surface area (TPSA) is 43.7 Å². The van der Waals surface area contributed by atoms with E-state index in [0.717, 1.165) is 57.9 Å². The highest BCUT2D eigenvalue weighted by molar-refractivity contribution is 4.66. The third-order valence-corrected chi connectivity index (χ3v) is 3.17. The standard InChI is InChI=1S/C14H31NO2/c1-4-7-10-13(16)15(12-9-6-3)14(17)11-8-5-2/h13-14,16-17H,4-12H2,1-3H3. The average Bonchev–Trinajstić information content (AvgIpc) is 2.34. The maximum absolute atomic E-state index is 10.1. The Balaban J connectivity index is 4.17. The van der Waals surface area contributed by atoms with Gasteiger partial charge in [-0.1, -0.05) is 40.0 Å². The fourth-order valence-electron chi connectivity index (χ4n) is 1.94. The van der Waals surface area contributed by atoms with Gasteiger partial charge in [-0.3, -0.25) is 4.90 Å². The van der Waals surface area contributed by atoms with Crippen LogP contribution in [0.15, 0.2) is 0 Å². The predicted molar refractivity (Wildman–Crippen MR) is 72.7 cm³/mol. The van der Waals surface area contributed by atoms with Gasteiger partial charge in [-0.05, 0) is 32.1 Å². The minimum atomic E-state index is -0.478. The lowest BCUT2D eigenvalue weighted by Crippen LogP contribution is -2.43. The Kier molecular flexibility index (Phi) is 10.9. The zero-order valence-electron chi connectivity index (χ0n) is 11.9. The average molecular weight is 245 g/mol. The predicted octanol–water partition coefficient (Wildman–Crippen LogP) is 3.11. The molecule has 0 spiro atoms. The molecule has 0 aliphatic rings. The van der Waals surface area contributed by atoms with Crippen molar-refractivity contribution >= 4 is 0 Å². The van der Waals surface area contributed by atoms with Crippen LogP contribution in [-0.2, 0) is 0 Å². The van der Waals surface area contributed by atoms with Gasteiger partial charge in [-0.25, -0.2) is 0 Å². The molecule has 2 N–H and O–H groups in total. The molecule has 2 unspecified atom stereocenters. The van der Waals surface area contributed by atoms with Crippen LogP contribution in [0.1, 0.15) is 72.1 Å². The number of aliphatic hydroxyl groups excluding tert-OH is 2. The van der Waals surface area contributed by atoms with Crippen LogP contribution in [0.4, 0.5) is 0 Å². The first-order valence-corrected chi connectivity index (χ1v) is 7.29. The molecule has 3 nitrogen and oxygen atoms in total. The Morgan fingerprint density at radius 1 is 0.765 bits per heavy atom. The van der Waals surface area contributed by atoms with Gasteiger partial charge in [-0.2, -0.15) is 0 Å². The van der Waals surface area contributed by atoms with Crippen LogP contribution >= 0.6 is 0 Å². The van der Waals surface area contributed by atoms with Gasteiger partial charge in [0.1, 0.15) is 12.5 Å². The largest absolute Gasteiger partial charge is 0.378 e. The molecule has 0 bridgehead atoms. The number of aliphatic hydroxyl groups is 2. The van der Waals surface area contributed by atoms with Crippen molar-refractivity contribution in [2.45, 2.75) is 84.6 Å². The van der Waals surface area contributed by atoms with E-state index in [9.17, 15) is 10.2 Å². The van der Waals surface area contributed by atoms with Crippen molar-refractivity contribution in [3.05, 3.63) is 0 Å². The maximum Gasteiger partial charge on any atom is 0.109 e. The summed E-state index contributed by atoms with van der Waals surface area (Å²) in [5, 5.41) is 20.2. The Morgan fingerprint density at radius 3 is 1.53 bits per heavy atom. The maximum atomic E-state index is 10.1. The number of rotatable bonds is 11. The minimum absolute atomic E-state index is 0.478. The van der Waals surface area contributed by atoms with Crippen LogP contribution in [0.2, 0.25) is 0 Å². The molecular weight excluding hydrogens is 214 g/mol. The van der Waals surface area contributed by atoms with Crippen LogP contribution in [0.25, 0.3) is 0 Å². The summed E-state index contributed by atoms with van der Waals surface area (Å²) >= 11 is 0. The number of unbranched alkanes of at least 4 members (excludes halogenated alkanes) is 3. The first-order chi connectivity index (χ1) is 8.17. The molecule has 0 aromatic heterocycles. The van der Waals surface area contributed by atoms with E-state index in [2.05, 4.69) is 20.8 Å². The second kappa shape index (κ2) is 11.0. The molecule has 0 aromatic rings. The Bertz CT molecular complexity index is 150. The molecule has 104 valence electrons. The van der Waals surface area contributed by atoms with E-state index in [4.69, 9.17) is 0 Å². The highest BCUT2D eigenvalue weighted by Gasteiger charge is 2.21. The summed E-state index contributed by atoms with van der Waals surface area (Å²) in [5.41, 5.74) is 0. The van der Waals surface area contributed by atoms with E-state index >= 15 is 0 Å². The molecule has 0 saturated heterocycles. The summed E-state index contributed by atoms with van der Waals surface area (Å²) in [6.45, 7) is 7.18. The van der Waals surface area contributed by atoms with Gasteiger partial charge in [0.05, 0.1) is 0 Å². The molecule has 0 aromatic carbocycles. The molecular formula is C14H31NO2. The highest BCUT2D eigenvalue weighted by atomic mass is 16.3. The molecule has 0 amide bonds. The van der Waals surface area contributed by atoms with E-state index in [-0.39, 0.29) is 0 Å². The fraction of sp³-hybridized carbons (Fsp3) is 1.00. The van der Waals surface area contributed by atoms with Crippen LogP contribution in [0, 0.1) is 0 Å². The lowest BCUT2D eigenvalue weighted by Gasteiger charge is -2.32. The van der Waals surface area contributed by atoms with Gasteiger partial charge in [0, 0.05) is 6.54 Å². The van der Waals surface area contributed by atoms with Crippen molar-refractivity contribution in [3.8, 4) is 0 Å². The highest BCUT2D eigenvalue weighted by Crippen LogP contribution is 2.14. The molecule has 0 aliphatic heterocycles. The first kappa shape index (κ1) is 16.9. The molecule has 0 saturated carbocycles. The second-order valence-electron chi connectivity index (χ2n) is 4.84. The van der Waals surface area contributed by atoms with E-state index in [1.165, 1.54) is 0 Å². The van der Waals surface area contributed by atoms with Crippen molar-refractivity contribution in [1.29, 1.82) is 0 Å². The van der Waals surface area contributed by atoms with E-state index in [1.807, 2.05) is 4.90 Å². The van der Waals surface area contributed by atoms with Crippen LogP contribution in [0.3, 0.4) is 0 Å². The molecule has 2 atom stereocenters. The van der Waals surface area contributed by atoms with Crippen molar-refractivity contribution < 1.29 is 10.2 Å². The van der Waals surface area contributed by atoms with Gasteiger partial charge in [0.2, 0.25) is 0 Å². The third kappa shape index (κ3) is 7.74. The van der Waals surface area contributed by atoms with Crippen LogP contribution in [0.5, 0.6) is 0 Å². The monoisotopic (exact) mass is 245 g/mol. The summed E-state index contributed by atoms with van der Waals surface area (Å²) < 4.78 is 0. The molecule has 0 fully saturated rings. The van der Waals surface area contributed by atoms with E-state index < -0.39 is 12.5 Å². The first-order valence-electron chi connectivity index (χ1n) is 7.29. The van der Waals surface area contributed by atoms with Gasteiger partial charge >= 0.3 is 0 Å². The van der Waals surface area contributed by atoms with E-state index in [0.29, 0.717) is 0 Å². The SMILES string of the molecule is CCCCC(O)N(CCCC)C(O)CCCC. The third-order valence-electron chi connectivity index (χ3n) is 3.17. The smallest absolute Gasteiger partial charge is 0.109 e. The van der Waals surface area contributed by atoms with Gasteiger partial charge in [0.15, 0.2) is 0 Å². The van der Waals surface area contributed by atoms with Crippen LogP contribution < -0.4 is 0 Å². The molecule has 0 rings (SSSR count). The number of nitrogens with zero attached hydrogens (tertiary/aromatic N) is 1. The fourth-order valence-corrected chi connectivity index (χ4v) is 1.94. The van der Waals surface area contributed by atoms with E-state index in [1.54, 1.807) is 0 Å². The quantitative estimate of drug-likeness (QED) is 0.550. The summed E-state index contributed by atoms with van der Waals surface area (Å²) in [7, 11) is 0.